The van der Waals surface area contributed by atoms with E-state index in [4.69, 9.17) is 26.2 Å². The van der Waals surface area contributed by atoms with Crippen LogP contribution in [0.25, 0.3) is 10.9 Å². The second-order valence-electron chi connectivity index (χ2n) is 11.4. The number of unbranched alkanes of at least 4 members (excludes halogenated alkanes) is 1. The molecule has 0 spiro atoms. The zero-order valence-corrected chi connectivity index (χ0v) is 26.5. The molecule has 1 aliphatic heterocycles. The topological polar surface area (TPSA) is 115 Å². The number of halogens is 4. The molecule has 0 radical (unpaired) electrons. The molecule has 0 bridgehead atoms. The molecule has 2 amide bonds. The van der Waals surface area contributed by atoms with Gasteiger partial charge in [-0.25, -0.2) is 4.79 Å². The highest BCUT2D eigenvalue weighted by Crippen LogP contribution is 2.35. The average molecular weight is 653 g/mol. The summed E-state index contributed by atoms with van der Waals surface area (Å²) in [6.07, 6.45) is -0.412. The van der Waals surface area contributed by atoms with Crippen LogP contribution in [0.3, 0.4) is 0 Å². The fourth-order valence-electron chi connectivity index (χ4n) is 5.41. The highest BCUT2D eigenvalue weighted by Gasteiger charge is 2.38. The number of hydrogen-bond donors (Lipinski definition) is 3. The number of ether oxygens (including phenoxy) is 1. The number of hydrogen-bond acceptors (Lipinski definition) is 5. The van der Waals surface area contributed by atoms with Gasteiger partial charge >= 0.3 is 12.1 Å². The van der Waals surface area contributed by atoms with E-state index in [1.54, 1.807) is 0 Å². The van der Waals surface area contributed by atoms with Crippen molar-refractivity contribution in [1.82, 2.24) is 15.2 Å². The van der Waals surface area contributed by atoms with Gasteiger partial charge in [0.2, 0.25) is 11.8 Å². The summed E-state index contributed by atoms with van der Waals surface area (Å²) in [4.78, 5) is 43.6. The number of benzene rings is 2. The highest BCUT2D eigenvalue weighted by atomic mass is 35.5. The molecule has 1 aromatic heterocycles. The Morgan fingerprint density at radius 3 is 2.53 bits per heavy atom. The molecule has 246 valence electrons. The van der Waals surface area contributed by atoms with Crippen LogP contribution in [0.15, 0.2) is 48.7 Å². The zero-order chi connectivity index (χ0) is 33.3. The van der Waals surface area contributed by atoms with Crippen LogP contribution < -0.4 is 10.2 Å². The third-order valence-electron chi connectivity index (χ3n) is 7.48. The number of nitrogens with zero attached hydrogens (tertiary/aromatic N) is 2. The summed E-state index contributed by atoms with van der Waals surface area (Å²) >= 11 is 6.34. The lowest BCUT2D eigenvalue weighted by atomic mass is 9.88. The lowest BCUT2D eigenvalue weighted by Crippen LogP contribution is -2.54. The number of rotatable bonds is 11. The molecule has 13 heteroatoms. The number of anilines is 1. The van der Waals surface area contributed by atoms with Gasteiger partial charge < -0.3 is 29.9 Å². The quantitative estimate of drug-likeness (QED) is 0.232. The first kappa shape index (κ1) is 35.9. The number of nitrogens with one attached hydrogen (secondary N) is 2. The van der Waals surface area contributed by atoms with Crippen molar-refractivity contribution in [1.29, 1.82) is 0 Å². The van der Waals surface area contributed by atoms with E-state index in [1.807, 2.05) is 74.6 Å². The van der Waals surface area contributed by atoms with E-state index in [0.717, 1.165) is 53.5 Å². The van der Waals surface area contributed by atoms with Crippen LogP contribution >= 0.6 is 11.6 Å². The van der Waals surface area contributed by atoms with Gasteiger partial charge in [-0.15, -0.1) is 0 Å². The maximum Gasteiger partial charge on any atom is 0.490 e. The van der Waals surface area contributed by atoms with Crippen molar-refractivity contribution in [2.75, 3.05) is 45.3 Å². The third-order valence-corrected chi connectivity index (χ3v) is 7.72. The molecular weight excluding hydrogens is 613 g/mol. The first-order valence-corrected chi connectivity index (χ1v) is 15.1. The van der Waals surface area contributed by atoms with Crippen LogP contribution in [-0.4, -0.2) is 85.4 Å². The fourth-order valence-corrected chi connectivity index (χ4v) is 5.60. The van der Waals surface area contributed by atoms with Gasteiger partial charge in [0.15, 0.2) is 0 Å². The summed E-state index contributed by atoms with van der Waals surface area (Å²) in [5.74, 6) is -3.20. The van der Waals surface area contributed by atoms with Gasteiger partial charge in [-0.1, -0.05) is 50.1 Å². The number of aliphatic carboxylic acids is 1. The Morgan fingerprint density at radius 1 is 1.20 bits per heavy atom. The van der Waals surface area contributed by atoms with E-state index < -0.39 is 18.2 Å². The van der Waals surface area contributed by atoms with Crippen LogP contribution in [0.4, 0.5) is 18.9 Å². The number of fused-ring (bicyclic) bond motifs is 2. The summed E-state index contributed by atoms with van der Waals surface area (Å²) in [7, 11) is 4.08. The smallest absolute Gasteiger partial charge is 0.475 e. The second kappa shape index (κ2) is 16.1. The number of carboxylic acid groups (broad SMARTS) is 1. The van der Waals surface area contributed by atoms with E-state index in [0.29, 0.717) is 18.2 Å². The Balaban J connectivity index is 0.000000707. The van der Waals surface area contributed by atoms with Crippen LogP contribution in [0.5, 0.6) is 0 Å². The van der Waals surface area contributed by atoms with Crippen molar-refractivity contribution in [3.05, 3.63) is 64.8 Å². The molecule has 3 N–H and O–H groups in total. The van der Waals surface area contributed by atoms with E-state index in [9.17, 15) is 22.8 Å². The van der Waals surface area contributed by atoms with Crippen molar-refractivity contribution in [3.8, 4) is 0 Å². The maximum atomic E-state index is 14.4. The van der Waals surface area contributed by atoms with Crippen LogP contribution in [0, 0.1) is 5.92 Å². The molecule has 0 saturated carbocycles. The van der Waals surface area contributed by atoms with E-state index in [-0.39, 0.29) is 30.3 Å². The van der Waals surface area contributed by atoms with E-state index in [2.05, 4.69) is 22.1 Å². The molecule has 1 aliphatic rings. The number of carbonyl (C=O) groups is 3. The number of alkyl halides is 3. The molecule has 2 unspecified atom stereocenters. The van der Waals surface area contributed by atoms with Crippen molar-refractivity contribution < 1.29 is 37.4 Å². The highest BCUT2D eigenvalue weighted by molar-refractivity contribution is 6.30. The molecule has 45 heavy (non-hydrogen) atoms. The van der Waals surface area contributed by atoms with Crippen molar-refractivity contribution in [2.24, 2.45) is 5.92 Å². The minimum Gasteiger partial charge on any atom is -0.475 e. The van der Waals surface area contributed by atoms with Gasteiger partial charge in [0.05, 0.1) is 0 Å². The molecule has 0 saturated heterocycles. The molecule has 3 aromatic rings. The molecule has 3 atom stereocenters. The molecule has 9 nitrogen and oxygen atoms in total. The van der Waals surface area contributed by atoms with Crippen molar-refractivity contribution >= 4 is 46.0 Å². The SMILES string of the molecule is CCCCOCC(=O)NC(C(=O)N1C[C@@H](CN(C)C)Cc2cc(Cl)ccc21)C(C)c1c[nH]c2ccccc12.O=C(O)C(F)(F)F. The number of aromatic nitrogens is 1. The molecule has 2 aromatic carbocycles. The van der Waals surface area contributed by atoms with E-state index in [1.165, 1.54) is 0 Å². The van der Waals surface area contributed by atoms with Crippen molar-refractivity contribution in [3.63, 3.8) is 0 Å². The Morgan fingerprint density at radius 2 is 1.89 bits per heavy atom. The van der Waals surface area contributed by atoms with Crippen molar-refractivity contribution in [2.45, 2.75) is 51.2 Å². The number of amides is 2. The van der Waals surface area contributed by atoms with Gasteiger partial charge in [-0.2, -0.15) is 13.2 Å². The molecular formula is C32H40ClF3N4O5. The lowest BCUT2D eigenvalue weighted by Gasteiger charge is -2.38. The Hall–Kier alpha value is -3.61. The normalized spacial score (nSPS) is 16.0. The van der Waals surface area contributed by atoms with Gasteiger partial charge in [-0.3, -0.25) is 9.59 Å². The summed E-state index contributed by atoms with van der Waals surface area (Å²) in [5, 5.41) is 11.9. The summed E-state index contributed by atoms with van der Waals surface area (Å²) in [6.45, 7) is 5.95. The predicted molar refractivity (Wildman–Crippen MR) is 168 cm³/mol. The number of carboxylic acids is 1. The van der Waals surface area contributed by atoms with Gasteiger partial charge in [0, 0.05) is 53.4 Å². The molecule has 0 fully saturated rings. The zero-order valence-electron chi connectivity index (χ0n) is 25.8. The first-order chi connectivity index (χ1) is 21.2. The largest absolute Gasteiger partial charge is 0.490 e. The molecule has 2 heterocycles. The number of carbonyl (C=O) groups excluding carboxylic acids is 2. The van der Waals surface area contributed by atoms with Crippen LogP contribution in [-0.2, 0) is 25.5 Å². The van der Waals surface area contributed by atoms with Crippen LogP contribution in [0.2, 0.25) is 5.02 Å². The average Bonchev–Trinajstić information content (AvgIpc) is 3.40. The first-order valence-electron chi connectivity index (χ1n) is 14.7. The minimum absolute atomic E-state index is 0.0696. The van der Waals surface area contributed by atoms with Gasteiger partial charge in [-0.05, 0) is 68.2 Å². The van der Waals surface area contributed by atoms with E-state index >= 15 is 0 Å². The second-order valence-corrected chi connectivity index (χ2v) is 11.8. The Labute approximate surface area is 265 Å². The number of para-hydroxylation sites is 1. The maximum absolute atomic E-state index is 14.4. The Kier molecular flexibility index (Phi) is 12.8. The van der Waals surface area contributed by atoms with Gasteiger partial charge in [0.25, 0.3) is 0 Å². The fraction of sp³-hybridized carbons (Fsp3) is 0.469. The van der Waals surface area contributed by atoms with Gasteiger partial charge in [0.1, 0.15) is 12.6 Å². The molecule has 0 aliphatic carbocycles. The predicted octanol–water partition coefficient (Wildman–Crippen LogP) is 5.63. The monoisotopic (exact) mass is 652 g/mol. The molecule has 4 rings (SSSR count). The third kappa shape index (κ3) is 9.94. The Bertz CT molecular complexity index is 1460. The minimum atomic E-state index is -5.08. The summed E-state index contributed by atoms with van der Waals surface area (Å²) in [5.41, 5.74) is 3.90. The van der Waals surface area contributed by atoms with Crippen LogP contribution in [0.1, 0.15) is 43.7 Å². The standard InChI is InChI=1S/C30H39ClN4O3.C2HF3O2/c1-5-6-13-38-19-28(36)33-29(20(2)25-16-32-26-10-8-7-9-24(25)26)30(37)35-18-21(17-34(3)4)14-22-15-23(31)11-12-27(22)35;3-2(4,5)1(6)7/h7-12,15-16,20-21,29,32H,5-6,13-14,17-19H2,1-4H3,(H,33,36);(H,6,7)/t20?,21-,29?;/m1./s1. The lowest BCUT2D eigenvalue weighted by molar-refractivity contribution is -0.192. The number of aromatic amines is 1. The summed E-state index contributed by atoms with van der Waals surface area (Å²) < 4.78 is 37.3. The number of H-pyrrole nitrogens is 1. The summed E-state index contributed by atoms with van der Waals surface area (Å²) in [6, 6.07) is 13.0.